The minimum Gasteiger partial charge on any atom is -0.368 e. The second-order valence-corrected chi connectivity index (χ2v) is 8.69. The first-order chi connectivity index (χ1) is 15.4. The zero-order valence-corrected chi connectivity index (χ0v) is 18.0. The fourth-order valence-corrected chi connectivity index (χ4v) is 4.97. The predicted molar refractivity (Wildman–Crippen MR) is 108 cm³/mol. The smallest absolute Gasteiger partial charge is 0.368 e. The molecule has 0 aliphatic carbocycles. The van der Waals surface area contributed by atoms with Gasteiger partial charge in [-0.1, -0.05) is 24.3 Å². The largest absolute Gasteiger partial charge is 0.416 e. The molecule has 2 aromatic carbocycles. The highest BCUT2D eigenvalue weighted by Crippen LogP contribution is 2.44. The van der Waals surface area contributed by atoms with E-state index >= 15 is 0 Å². The molecule has 2 saturated heterocycles. The molecule has 0 aromatic heterocycles. The van der Waals surface area contributed by atoms with E-state index in [9.17, 15) is 31.1 Å². The first kappa shape index (κ1) is 23.6. The van der Waals surface area contributed by atoms with Gasteiger partial charge in [-0.25, -0.2) is 0 Å². The van der Waals surface area contributed by atoms with Gasteiger partial charge in [0.2, 0.25) is 5.91 Å². The van der Waals surface area contributed by atoms with Gasteiger partial charge in [-0.3, -0.25) is 4.79 Å². The van der Waals surface area contributed by atoms with Crippen LogP contribution in [0.2, 0.25) is 0 Å². The lowest BCUT2D eigenvalue weighted by Crippen LogP contribution is -2.29. The number of aryl methyl sites for hydroxylation is 1. The van der Waals surface area contributed by atoms with Gasteiger partial charge in [-0.2, -0.15) is 26.3 Å². The summed E-state index contributed by atoms with van der Waals surface area (Å²) in [6, 6.07) is 9.00. The molecule has 178 valence electrons. The molecule has 2 aliphatic rings. The van der Waals surface area contributed by atoms with E-state index in [1.165, 1.54) is 6.92 Å². The summed E-state index contributed by atoms with van der Waals surface area (Å²) in [5.41, 5.74) is -1.000. The highest BCUT2D eigenvalue weighted by molar-refractivity contribution is 5.79. The lowest BCUT2D eigenvalue weighted by atomic mass is 9.86. The molecule has 2 aromatic rings. The van der Waals surface area contributed by atoms with Gasteiger partial charge in [0.15, 0.2) is 0 Å². The van der Waals surface area contributed by atoms with Crippen molar-refractivity contribution in [2.75, 3.05) is 6.54 Å². The van der Waals surface area contributed by atoms with E-state index < -0.39 is 35.7 Å². The van der Waals surface area contributed by atoms with E-state index in [4.69, 9.17) is 4.74 Å². The van der Waals surface area contributed by atoms with Crippen molar-refractivity contribution in [2.45, 2.75) is 63.2 Å². The van der Waals surface area contributed by atoms with Crippen LogP contribution in [-0.4, -0.2) is 29.5 Å². The maximum absolute atomic E-state index is 13.3. The van der Waals surface area contributed by atoms with Crippen LogP contribution < -0.4 is 0 Å². The van der Waals surface area contributed by atoms with Crippen LogP contribution in [0.3, 0.4) is 0 Å². The molecule has 3 nitrogen and oxygen atoms in total. The predicted octanol–water partition coefficient (Wildman–Crippen LogP) is 6.27. The Bertz CT molecular complexity index is 1020. The summed E-state index contributed by atoms with van der Waals surface area (Å²) in [7, 11) is 0. The SMILES string of the molecule is Cc1ccccc1[C@H]1C2CCC(=O)N2C[C@@H]1O[C@H](C)c1cc(C(F)(F)F)cc(C(F)(F)F)c1. The fraction of sp³-hybridized carbons (Fsp3) is 0.458. The van der Waals surface area contributed by atoms with Gasteiger partial charge < -0.3 is 9.64 Å². The topological polar surface area (TPSA) is 29.5 Å². The van der Waals surface area contributed by atoms with E-state index in [2.05, 4.69) is 0 Å². The maximum atomic E-state index is 13.3. The molecule has 2 heterocycles. The zero-order chi connectivity index (χ0) is 24.1. The van der Waals surface area contributed by atoms with Crippen molar-refractivity contribution < 1.29 is 35.9 Å². The molecule has 4 rings (SSSR count). The number of hydrogen-bond donors (Lipinski definition) is 0. The molecule has 0 bridgehead atoms. The number of carbonyl (C=O) groups excluding carboxylic acids is 1. The number of amides is 1. The first-order valence-corrected chi connectivity index (χ1v) is 10.7. The fourth-order valence-electron chi connectivity index (χ4n) is 4.97. The maximum Gasteiger partial charge on any atom is 0.416 e. The Morgan fingerprint density at radius 2 is 1.61 bits per heavy atom. The molecule has 2 aliphatic heterocycles. The molecule has 0 radical (unpaired) electrons. The quantitative estimate of drug-likeness (QED) is 0.492. The molecular weight excluding hydrogens is 448 g/mol. The molecule has 0 spiro atoms. The molecule has 0 saturated carbocycles. The highest BCUT2D eigenvalue weighted by Gasteiger charge is 2.49. The van der Waals surface area contributed by atoms with Crippen molar-refractivity contribution in [3.8, 4) is 0 Å². The van der Waals surface area contributed by atoms with Crippen LogP contribution in [-0.2, 0) is 21.9 Å². The van der Waals surface area contributed by atoms with Crippen LogP contribution in [0.4, 0.5) is 26.3 Å². The molecular formula is C24H23F6NO2. The number of benzene rings is 2. The van der Waals surface area contributed by atoms with Gasteiger partial charge in [0.05, 0.1) is 23.3 Å². The Morgan fingerprint density at radius 3 is 2.18 bits per heavy atom. The number of halogens is 6. The molecule has 0 N–H and O–H groups in total. The van der Waals surface area contributed by atoms with E-state index in [-0.39, 0.29) is 36.0 Å². The second-order valence-electron chi connectivity index (χ2n) is 8.69. The van der Waals surface area contributed by atoms with Crippen molar-refractivity contribution in [3.05, 3.63) is 70.3 Å². The summed E-state index contributed by atoms with van der Waals surface area (Å²) in [5, 5.41) is 0. The number of nitrogens with zero attached hydrogens (tertiary/aromatic N) is 1. The third-order valence-corrected chi connectivity index (χ3v) is 6.57. The summed E-state index contributed by atoms with van der Waals surface area (Å²) < 4.78 is 85.8. The van der Waals surface area contributed by atoms with E-state index in [1.807, 2.05) is 31.2 Å². The summed E-state index contributed by atoms with van der Waals surface area (Å²) in [5.74, 6) is -0.233. The lowest BCUT2D eigenvalue weighted by molar-refractivity contribution is -0.143. The molecule has 33 heavy (non-hydrogen) atoms. The van der Waals surface area contributed by atoms with Gasteiger partial charge in [0.25, 0.3) is 0 Å². The van der Waals surface area contributed by atoms with Crippen molar-refractivity contribution in [1.29, 1.82) is 0 Å². The monoisotopic (exact) mass is 471 g/mol. The Labute approximate surface area is 187 Å². The zero-order valence-electron chi connectivity index (χ0n) is 18.0. The summed E-state index contributed by atoms with van der Waals surface area (Å²) in [6.07, 6.45) is -10.4. The van der Waals surface area contributed by atoms with Gasteiger partial charge >= 0.3 is 12.4 Å². The standard InChI is InChI=1S/C24H23F6NO2/c1-13-5-3-4-6-18(13)22-19-7-8-21(32)31(19)12-20(22)33-14(2)15-9-16(23(25,26)27)11-17(10-15)24(28,29)30/h3-6,9-11,14,19-20,22H,7-8,12H2,1-2H3/t14-,19?,20+,22+/m1/s1. The molecule has 2 fully saturated rings. The number of ether oxygens (including phenoxy) is 1. The summed E-state index contributed by atoms with van der Waals surface area (Å²) in [4.78, 5) is 14.1. The Kier molecular flexibility index (Phi) is 5.97. The molecule has 4 atom stereocenters. The van der Waals surface area contributed by atoms with Crippen LogP contribution >= 0.6 is 0 Å². The van der Waals surface area contributed by atoms with Crippen molar-refractivity contribution in [3.63, 3.8) is 0 Å². The van der Waals surface area contributed by atoms with Crippen LogP contribution in [0.15, 0.2) is 42.5 Å². The van der Waals surface area contributed by atoms with E-state index in [0.717, 1.165) is 11.1 Å². The number of hydrogen-bond acceptors (Lipinski definition) is 2. The average Bonchev–Trinajstić information content (AvgIpc) is 3.26. The van der Waals surface area contributed by atoms with Crippen LogP contribution in [0.1, 0.15) is 59.6 Å². The van der Waals surface area contributed by atoms with Gasteiger partial charge in [0, 0.05) is 24.9 Å². The van der Waals surface area contributed by atoms with Gasteiger partial charge in [-0.05, 0) is 55.2 Å². The normalized spacial score (nSPS) is 24.3. The van der Waals surface area contributed by atoms with Crippen molar-refractivity contribution in [1.82, 2.24) is 4.90 Å². The van der Waals surface area contributed by atoms with E-state index in [0.29, 0.717) is 25.0 Å². The number of rotatable bonds is 4. The lowest BCUT2D eigenvalue weighted by Gasteiger charge is -2.28. The van der Waals surface area contributed by atoms with Crippen molar-refractivity contribution >= 4 is 5.91 Å². The highest BCUT2D eigenvalue weighted by atomic mass is 19.4. The number of carbonyl (C=O) groups is 1. The van der Waals surface area contributed by atoms with Crippen LogP contribution in [0.25, 0.3) is 0 Å². The average molecular weight is 471 g/mol. The minimum absolute atomic E-state index is 0.0178. The third-order valence-electron chi connectivity index (χ3n) is 6.57. The summed E-state index contributed by atoms with van der Waals surface area (Å²) >= 11 is 0. The molecule has 1 unspecified atom stereocenters. The summed E-state index contributed by atoms with van der Waals surface area (Å²) in [6.45, 7) is 3.62. The minimum atomic E-state index is -4.93. The number of fused-ring (bicyclic) bond motifs is 1. The Morgan fingerprint density at radius 1 is 1.00 bits per heavy atom. The third kappa shape index (κ3) is 4.60. The van der Waals surface area contributed by atoms with Crippen molar-refractivity contribution in [2.24, 2.45) is 0 Å². The number of alkyl halides is 6. The van der Waals surface area contributed by atoms with Crippen LogP contribution in [0, 0.1) is 6.92 Å². The molecule has 1 amide bonds. The van der Waals surface area contributed by atoms with Gasteiger partial charge in [0.1, 0.15) is 0 Å². The Balaban J connectivity index is 1.68. The first-order valence-electron chi connectivity index (χ1n) is 10.7. The molecule has 9 heteroatoms. The van der Waals surface area contributed by atoms with Crippen LogP contribution in [0.5, 0.6) is 0 Å². The Hall–Kier alpha value is -2.55. The second kappa shape index (κ2) is 8.34. The van der Waals surface area contributed by atoms with Gasteiger partial charge in [-0.15, -0.1) is 0 Å². The van der Waals surface area contributed by atoms with E-state index in [1.54, 1.807) is 4.90 Å².